The quantitative estimate of drug-likeness (QED) is 0.634. The van der Waals surface area contributed by atoms with Gasteiger partial charge in [0.2, 0.25) is 0 Å². The molecule has 1 N–H and O–H groups in total. The van der Waals surface area contributed by atoms with Crippen LogP contribution in [0.15, 0.2) is 47.4 Å². The van der Waals surface area contributed by atoms with Gasteiger partial charge in [-0.05, 0) is 54.9 Å². The second kappa shape index (κ2) is 9.49. The monoisotopic (exact) mass is 427 g/mol. The molecule has 30 heavy (non-hydrogen) atoms. The van der Waals surface area contributed by atoms with Crippen LogP contribution in [-0.2, 0) is 16.1 Å². The maximum atomic E-state index is 12.8. The standard InChI is InChI=1S/C22H21NO6S/c1-3-28-18-10-15(7-8-17(18)29-13-20(24)25)11-19-21(26)23(22(27)30-19)12-16-6-4-5-14(2)9-16/h4-11H,3,12-13H2,1-2H3,(H,24,25)/b19-11+. The van der Waals surface area contributed by atoms with Gasteiger partial charge >= 0.3 is 5.97 Å². The van der Waals surface area contributed by atoms with Gasteiger partial charge in [-0.1, -0.05) is 35.9 Å². The zero-order chi connectivity index (χ0) is 21.7. The lowest BCUT2D eigenvalue weighted by molar-refractivity contribution is -0.139. The first-order chi connectivity index (χ1) is 14.4. The number of amides is 2. The van der Waals surface area contributed by atoms with E-state index < -0.39 is 12.6 Å². The first-order valence-electron chi connectivity index (χ1n) is 9.29. The molecule has 3 rings (SSSR count). The van der Waals surface area contributed by atoms with Gasteiger partial charge in [-0.3, -0.25) is 14.5 Å². The molecular weight excluding hydrogens is 406 g/mol. The number of carboxylic acids is 1. The number of carbonyl (C=O) groups excluding carboxylic acids is 2. The van der Waals surface area contributed by atoms with Crippen LogP contribution in [0.2, 0.25) is 0 Å². The molecule has 2 aromatic carbocycles. The van der Waals surface area contributed by atoms with E-state index in [0.717, 1.165) is 22.9 Å². The molecule has 156 valence electrons. The second-order valence-electron chi connectivity index (χ2n) is 6.58. The molecule has 8 heteroatoms. The fraction of sp³-hybridized carbons (Fsp3) is 0.227. The highest BCUT2D eigenvalue weighted by atomic mass is 32.2. The van der Waals surface area contributed by atoms with Crippen LogP contribution in [0.25, 0.3) is 6.08 Å². The van der Waals surface area contributed by atoms with Crippen molar-refractivity contribution in [2.24, 2.45) is 0 Å². The second-order valence-corrected chi connectivity index (χ2v) is 7.57. The van der Waals surface area contributed by atoms with Crippen molar-refractivity contribution in [1.82, 2.24) is 4.90 Å². The zero-order valence-corrected chi connectivity index (χ0v) is 17.4. The molecule has 1 saturated heterocycles. The van der Waals surface area contributed by atoms with Crippen LogP contribution in [0.5, 0.6) is 11.5 Å². The highest BCUT2D eigenvalue weighted by Crippen LogP contribution is 2.35. The molecule has 0 aliphatic carbocycles. The number of ether oxygens (including phenoxy) is 2. The average molecular weight is 427 g/mol. The first-order valence-corrected chi connectivity index (χ1v) is 10.1. The van der Waals surface area contributed by atoms with Gasteiger partial charge in [-0.2, -0.15) is 0 Å². The number of aryl methyl sites for hydroxylation is 1. The van der Waals surface area contributed by atoms with E-state index in [-0.39, 0.29) is 17.7 Å². The first kappa shape index (κ1) is 21.4. The summed E-state index contributed by atoms with van der Waals surface area (Å²) in [7, 11) is 0. The molecular formula is C22H21NO6S. The molecule has 7 nitrogen and oxygen atoms in total. The van der Waals surface area contributed by atoms with Crippen molar-refractivity contribution in [2.45, 2.75) is 20.4 Å². The van der Waals surface area contributed by atoms with Gasteiger partial charge in [-0.15, -0.1) is 0 Å². The summed E-state index contributed by atoms with van der Waals surface area (Å²) < 4.78 is 10.7. The minimum Gasteiger partial charge on any atom is -0.490 e. The summed E-state index contributed by atoms with van der Waals surface area (Å²) in [4.78, 5) is 37.4. The van der Waals surface area contributed by atoms with E-state index in [9.17, 15) is 14.4 Å². The number of rotatable bonds is 8. The van der Waals surface area contributed by atoms with Crippen LogP contribution in [0.4, 0.5) is 4.79 Å². The van der Waals surface area contributed by atoms with E-state index in [1.54, 1.807) is 31.2 Å². The van der Waals surface area contributed by atoms with E-state index in [1.807, 2.05) is 31.2 Å². The van der Waals surface area contributed by atoms with Gasteiger partial charge in [-0.25, -0.2) is 4.79 Å². The lowest BCUT2D eigenvalue weighted by Crippen LogP contribution is -2.27. The molecule has 1 heterocycles. The number of hydrogen-bond donors (Lipinski definition) is 1. The number of hydrogen-bond acceptors (Lipinski definition) is 6. The summed E-state index contributed by atoms with van der Waals surface area (Å²) in [5.74, 6) is -0.782. The van der Waals surface area contributed by atoms with Crippen LogP contribution in [-0.4, -0.2) is 40.3 Å². The molecule has 0 aromatic heterocycles. The number of benzene rings is 2. The molecule has 2 amide bonds. The van der Waals surface area contributed by atoms with E-state index in [0.29, 0.717) is 28.6 Å². The lowest BCUT2D eigenvalue weighted by Gasteiger charge is -2.13. The number of thioether (sulfide) groups is 1. The largest absolute Gasteiger partial charge is 0.490 e. The number of imide groups is 1. The van der Waals surface area contributed by atoms with Gasteiger partial charge in [0.25, 0.3) is 11.1 Å². The Hall–Kier alpha value is -3.26. The molecule has 0 spiro atoms. The number of aliphatic carboxylic acids is 1. The maximum Gasteiger partial charge on any atom is 0.341 e. The minimum atomic E-state index is -1.09. The molecule has 1 aliphatic rings. The van der Waals surface area contributed by atoms with Gasteiger partial charge in [0, 0.05) is 0 Å². The van der Waals surface area contributed by atoms with E-state index in [4.69, 9.17) is 14.6 Å². The van der Waals surface area contributed by atoms with Gasteiger partial charge < -0.3 is 14.6 Å². The summed E-state index contributed by atoms with van der Waals surface area (Å²) in [6.45, 7) is 3.84. The Bertz CT molecular complexity index is 1020. The summed E-state index contributed by atoms with van der Waals surface area (Å²) in [6.07, 6.45) is 1.62. The Labute approximate surface area is 178 Å². The van der Waals surface area contributed by atoms with E-state index >= 15 is 0 Å². The minimum absolute atomic E-state index is 0.218. The van der Waals surface area contributed by atoms with Crippen molar-refractivity contribution >= 4 is 35.0 Å². The van der Waals surface area contributed by atoms with Crippen molar-refractivity contribution in [3.05, 3.63) is 64.1 Å². The van der Waals surface area contributed by atoms with Gasteiger partial charge in [0.15, 0.2) is 18.1 Å². The van der Waals surface area contributed by atoms with Crippen molar-refractivity contribution in [1.29, 1.82) is 0 Å². The summed E-state index contributed by atoms with van der Waals surface area (Å²) in [6, 6.07) is 12.6. The van der Waals surface area contributed by atoms with Crippen molar-refractivity contribution in [3.63, 3.8) is 0 Å². The molecule has 1 aliphatic heterocycles. The van der Waals surface area contributed by atoms with E-state index in [1.165, 1.54) is 4.90 Å². The molecule has 0 bridgehead atoms. The summed E-state index contributed by atoms with van der Waals surface area (Å²) in [5, 5.41) is 8.47. The Morgan fingerprint density at radius 3 is 2.63 bits per heavy atom. The number of nitrogens with zero attached hydrogens (tertiary/aromatic N) is 1. The van der Waals surface area contributed by atoms with Crippen LogP contribution >= 0.6 is 11.8 Å². The Morgan fingerprint density at radius 2 is 1.93 bits per heavy atom. The SMILES string of the molecule is CCOc1cc(/C=C2/SC(=O)N(Cc3cccc(C)c3)C2=O)ccc1OCC(=O)O. The van der Waals surface area contributed by atoms with Crippen LogP contribution in [0.1, 0.15) is 23.6 Å². The lowest BCUT2D eigenvalue weighted by atomic mass is 10.1. The highest BCUT2D eigenvalue weighted by Gasteiger charge is 2.35. The predicted molar refractivity (Wildman–Crippen MR) is 113 cm³/mol. The van der Waals surface area contributed by atoms with Crippen molar-refractivity contribution in [3.8, 4) is 11.5 Å². The van der Waals surface area contributed by atoms with E-state index in [2.05, 4.69) is 0 Å². The van der Waals surface area contributed by atoms with Gasteiger partial charge in [0.05, 0.1) is 18.1 Å². The molecule has 1 fully saturated rings. The average Bonchev–Trinajstić information content (AvgIpc) is 2.95. The Balaban J connectivity index is 1.80. The summed E-state index contributed by atoms with van der Waals surface area (Å²) in [5.41, 5.74) is 2.59. The predicted octanol–water partition coefficient (Wildman–Crippen LogP) is 4.09. The maximum absolute atomic E-state index is 12.8. The molecule has 0 unspecified atom stereocenters. The Kier molecular flexibility index (Phi) is 6.79. The molecule has 0 radical (unpaired) electrons. The topological polar surface area (TPSA) is 93.1 Å². The Morgan fingerprint density at radius 1 is 1.13 bits per heavy atom. The third-order valence-corrected chi connectivity index (χ3v) is 5.12. The van der Waals surface area contributed by atoms with Crippen molar-refractivity contribution < 1.29 is 29.0 Å². The normalized spacial score (nSPS) is 15.0. The van der Waals surface area contributed by atoms with Crippen molar-refractivity contribution in [2.75, 3.05) is 13.2 Å². The smallest absolute Gasteiger partial charge is 0.341 e. The van der Waals surface area contributed by atoms with Crippen LogP contribution in [0, 0.1) is 6.92 Å². The highest BCUT2D eigenvalue weighted by molar-refractivity contribution is 8.18. The number of carboxylic acid groups (broad SMARTS) is 1. The summed E-state index contributed by atoms with van der Waals surface area (Å²) >= 11 is 0.886. The molecule has 2 aromatic rings. The molecule has 0 atom stereocenters. The zero-order valence-electron chi connectivity index (χ0n) is 16.6. The van der Waals surface area contributed by atoms with Crippen LogP contribution < -0.4 is 9.47 Å². The third kappa shape index (κ3) is 5.21. The molecule has 0 saturated carbocycles. The fourth-order valence-electron chi connectivity index (χ4n) is 2.92. The fourth-order valence-corrected chi connectivity index (χ4v) is 3.76. The third-order valence-electron chi connectivity index (χ3n) is 4.21. The van der Waals surface area contributed by atoms with Gasteiger partial charge in [0.1, 0.15) is 0 Å². The number of carbonyl (C=O) groups is 3. The van der Waals surface area contributed by atoms with Crippen LogP contribution in [0.3, 0.4) is 0 Å².